The zero-order valence-electron chi connectivity index (χ0n) is 12.1. The first kappa shape index (κ1) is 16.6. The van der Waals surface area contributed by atoms with Gasteiger partial charge in [0.05, 0.1) is 13.2 Å². The third-order valence-corrected chi connectivity index (χ3v) is 3.74. The highest BCUT2D eigenvalue weighted by Crippen LogP contribution is 2.29. The molecule has 2 rings (SSSR count). The molecular formula is C16H16F2O3S. The summed E-state index contributed by atoms with van der Waals surface area (Å²) < 4.78 is 41.2. The minimum absolute atomic E-state index is 0.251. The van der Waals surface area contributed by atoms with E-state index in [1.54, 1.807) is 29.5 Å². The van der Waals surface area contributed by atoms with Crippen LogP contribution in [0.15, 0.2) is 47.9 Å². The quantitative estimate of drug-likeness (QED) is 0.402. The van der Waals surface area contributed by atoms with Gasteiger partial charge in [-0.25, -0.2) is 0 Å². The Kier molecular flexibility index (Phi) is 6.51. The number of benzene rings is 1. The first-order chi connectivity index (χ1) is 10.7. The van der Waals surface area contributed by atoms with Crippen molar-refractivity contribution in [2.24, 2.45) is 0 Å². The third-order valence-electron chi connectivity index (χ3n) is 2.82. The Morgan fingerprint density at radius 3 is 2.68 bits per heavy atom. The van der Waals surface area contributed by atoms with Crippen molar-refractivity contribution in [2.45, 2.75) is 0 Å². The molecule has 1 aromatic heterocycles. The van der Waals surface area contributed by atoms with Crippen molar-refractivity contribution in [2.75, 3.05) is 27.1 Å². The van der Waals surface area contributed by atoms with E-state index >= 15 is 0 Å². The van der Waals surface area contributed by atoms with Crippen LogP contribution in [0.2, 0.25) is 0 Å². The number of halogens is 2. The third kappa shape index (κ3) is 4.62. The molecule has 0 radical (unpaired) electrons. The van der Waals surface area contributed by atoms with E-state index in [0.29, 0.717) is 12.2 Å². The van der Waals surface area contributed by atoms with Crippen molar-refractivity contribution in [3.05, 3.63) is 53.4 Å². The first-order valence-electron chi connectivity index (χ1n) is 6.61. The van der Waals surface area contributed by atoms with Crippen LogP contribution in [0.3, 0.4) is 0 Å². The Balaban J connectivity index is 2.09. The fourth-order valence-corrected chi connectivity index (χ4v) is 2.53. The van der Waals surface area contributed by atoms with E-state index in [9.17, 15) is 8.78 Å². The summed E-state index contributed by atoms with van der Waals surface area (Å²) in [5.74, 6) is -0.462. The van der Waals surface area contributed by atoms with Crippen LogP contribution in [0.1, 0.15) is 5.56 Å². The highest BCUT2D eigenvalue weighted by atomic mass is 32.1. The molecule has 22 heavy (non-hydrogen) atoms. The number of methoxy groups -OCH3 is 1. The van der Waals surface area contributed by atoms with Crippen molar-refractivity contribution in [3.63, 3.8) is 0 Å². The molecule has 0 aliphatic carbocycles. The molecule has 0 bridgehead atoms. The second-order valence-electron chi connectivity index (χ2n) is 4.31. The fraction of sp³-hybridized carbons (Fsp3) is 0.250. The minimum atomic E-state index is -1.88. The molecular weight excluding hydrogens is 310 g/mol. The first-order valence-corrected chi connectivity index (χ1v) is 7.49. The topological polar surface area (TPSA) is 27.7 Å². The number of ether oxygens (including phenoxy) is 3. The second-order valence-corrected chi connectivity index (χ2v) is 5.26. The fourth-order valence-electron chi connectivity index (χ4n) is 1.81. The molecule has 1 heterocycles. The van der Waals surface area contributed by atoms with Crippen LogP contribution in [-0.2, 0) is 14.2 Å². The van der Waals surface area contributed by atoms with Gasteiger partial charge in [-0.15, -0.1) is 11.3 Å². The van der Waals surface area contributed by atoms with Gasteiger partial charge in [0.2, 0.25) is 0 Å². The summed E-state index contributed by atoms with van der Waals surface area (Å²) in [6, 6.07) is 10.7. The maximum absolute atomic E-state index is 13.1. The lowest BCUT2D eigenvalue weighted by atomic mass is 10.1. The zero-order valence-corrected chi connectivity index (χ0v) is 12.9. The molecule has 0 fully saturated rings. The molecule has 0 atom stereocenters. The van der Waals surface area contributed by atoms with Gasteiger partial charge in [0.15, 0.2) is 12.6 Å². The SMILES string of the molecule is COCCOCOC(=C(F)F)c1cccc(-c2cccs2)c1. The van der Waals surface area contributed by atoms with Crippen LogP contribution in [0.4, 0.5) is 8.78 Å². The van der Waals surface area contributed by atoms with Crippen molar-refractivity contribution in [3.8, 4) is 10.4 Å². The van der Waals surface area contributed by atoms with E-state index in [4.69, 9.17) is 14.2 Å². The van der Waals surface area contributed by atoms with Crippen LogP contribution >= 0.6 is 11.3 Å². The van der Waals surface area contributed by atoms with Crippen molar-refractivity contribution in [1.29, 1.82) is 0 Å². The second kappa shape index (κ2) is 8.63. The molecule has 3 nitrogen and oxygen atoms in total. The minimum Gasteiger partial charge on any atom is -0.461 e. The molecule has 0 saturated heterocycles. The van der Waals surface area contributed by atoms with Crippen LogP contribution in [0, 0.1) is 0 Å². The van der Waals surface area contributed by atoms with Crippen LogP contribution in [0.25, 0.3) is 16.2 Å². The highest BCUT2D eigenvalue weighted by molar-refractivity contribution is 7.13. The molecule has 0 N–H and O–H groups in total. The predicted molar refractivity (Wildman–Crippen MR) is 82.7 cm³/mol. The van der Waals surface area contributed by atoms with E-state index in [1.807, 2.05) is 23.6 Å². The molecule has 0 amide bonds. The van der Waals surface area contributed by atoms with Gasteiger partial charge in [-0.3, -0.25) is 0 Å². The summed E-state index contributed by atoms with van der Waals surface area (Å²) in [5.41, 5.74) is 1.19. The Labute approximate surface area is 131 Å². The summed E-state index contributed by atoms with van der Waals surface area (Å²) >= 11 is 1.55. The van der Waals surface area contributed by atoms with Gasteiger partial charge in [-0.05, 0) is 23.1 Å². The van der Waals surface area contributed by atoms with Crippen LogP contribution in [-0.4, -0.2) is 27.1 Å². The van der Waals surface area contributed by atoms with E-state index in [0.717, 1.165) is 10.4 Å². The molecule has 1 aromatic carbocycles. The van der Waals surface area contributed by atoms with Crippen molar-refractivity contribution < 1.29 is 23.0 Å². The lowest BCUT2D eigenvalue weighted by Gasteiger charge is -2.11. The summed E-state index contributed by atoms with van der Waals surface area (Å²) in [6.07, 6.45) is -1.88. The molecule has 0 saturated carbocycles. The van der Waals surface area contributed by atoms with Gasteiger partial charge in [0.25, 0.3) is 0 Å². The molecule has 0 unspecified atom stereocenters. The Hall–Kier alpha value is -1.76. The van der Waals surface area contributed by atoms with Gasteiger partial charge in [0.1, 0.15) is 0 Å². The highest BCUT2D eigenvalue weighted by Gasteiger charge is 2.12. The predicted octanol–water partition coefficient (Wildman–Crippen LogP) is 4.62. The maximum atomic E-state index is 13.1. The van der Waals surface area contributed by atoms with Gasteiger partial charge in [-0.1, -0.05) is 24.3 Å². The number of hydrogen-bond donors (Lipinski definition) is 0. The van der Waals surface area contributed by atoms with E-state index in [2.05, 4.69) is 0 Å². The summed E-state index contributed by atoms with van der Waals surface area (Å²) in [4.78, 5) is 1.01. The number of rotatable bonds is 8. The van der Waals surface area contributed by atoms with E-state index < -0.39 is 11.8 Å². The van der Waals surface area contributed by atoms with Gasteiger partial charge < -0.3 is 14.2 Å². The van der Waals surface area contributed by atoms with E-state index in [-0.39, 0.29) is 13.4 Å². The Morgan fingerprint density at radius 1 is 1.14 bits per heavy atom. The zero-order chi connectivity index (χ0) is 15.8. The van der Waals surface area contributed by atoms with Crippen molar-refractivity contribution >= 4 is 17.1 Å². The Bertz CT molecular complexity index is 608. The average molecular weight is 326 g/mol. The lowest BCUT2D eigenvalue weighted by molar-refractivity contribution is -0.0236. The molecule has 6 heteroatoms. The standard InChI is InChI=1S/C16H16F2O3S/c1-19-7-8-20-11-21-15(16(17)18)13-5-2-4-12(10-13)14-6-3-9-22-14/h2-6,9-10H,7-8,11H2,1H3. The monoisotopic (exact) mass is 326 g/mol. The molecule has 0 aliphatic rings. The normalized spacial score (nSPS) is 10.5. The van der Waals surface area contributed by atoms with Crippen LogP contribution in [0.5, 0.6) is 0 Å². The van der Waals surface area contributed by atoms with Gasteiger partial charge in [-0.2, -0.15) is 8.78 Å². The number of thiophene rings is 1. The Morgan fingerprint density at radius 2 is 2.00 bits per heavy atom. The summed E-state index contributed by atoms with van der Waals surface area (Å²) in [5, 5.41) is 1.94. The average Bonchev–Trinajstić information content (AvgIpc) is 3.05. The molecule has 0 spiro atoms. The van der Waals surface area contributed by atoms with Crippen LogP contribution < -0.4 is 0 Å². The van der Waals surface area contributed by atoms with Crippen molar-refractivity contribution in [1.82, 2.24) is 0 Å². The summed E-state index contributed by atoms with van der Waals surface area (Å²) in [6.45, 7) is 0.417. The number of hydrogen-bond acceptors (Lipinski definition) is 4. The lowest BCUT2D eigenvalue weighted by Crippen LogP contribution is -2.06. The molecule has 2 aromatic rings. The maximum Gasteiger partial charge on any atom is 0.312 e. The van der Waals surface area contributed by atoms with Gasteiger partial charge >= 0.3 is 6.08 Å². The summed E-state index contributed by atoms with van der Waals surface area (Å²) in [7, 11) is 1.53. The van der Waals surface area contributed by atoms with Gasteiger partial charge in [0, 0.05) is 17.6 Å². The smallest absolute Gasteiger partial charge is 0.312 e. The molecule has 118 valence electrons. The largest absolute Gasteiger partial charge is 0.461 e. The molecule has 0 aliphatic heterocycles. The van der Waals surface area contributed by atoms with E-state index in [1.165, 1.54) is 7.11 Å².